The molecule has 1 amide bonds. The Hall–Kier alpha value is -1.39. The second-order valence-electron chi connectivity index (χ2n) is 5.90. The zero-order valence-electron chi connectivity index (χ0n) is 13.7. The molecule has 1 heterocycles. The number of likely N-dealkylation sites (tertiary alicyclic amines) is 1. The van der Waals surface area contributed by atoms with Gasteiger partial charge in [0.25, 0.3) is 0 Å². The summed E-state index contributed by atoms with van der Waals surface area (Å²) in [5, 5.41) is 3.34. The summed E-state index contributed by atoms with van der Waals surface area (Å²) in [5.41, 5.74) is 1.17. The van der Waals surface area contributed by atoms with E-state index in [1.54, 1.807) is 19.1 Å². The number of allylic oxidation sites excluding steroid dienone is 1. The molecule has 1 unspecified atom stereocenters. The molecular formula is C18H24ClFN2O. The summed E-state index contributed by atoms with van der Waals surface area (Å²) in [5.74, 6) is -0.423. The van der Waals surface area contributed by atoms with Gasteiger partial charge in [0.1, 0.15) is 5.82 Å². The van der Waals surface area contributed by atoms with Gasteiger partial charge in [0, 0.05) is 22.7 Å². The smallest absolute Gasteiger partial charge is 0.246 e. The Kier molecular flexibility index (Phi) is 6.60. The lowest BCUT2D eigenvalue weighted by atomic mass is 10.0. The minimum absolute atomic E-state index is 0.108. The summed E-state index contributed by atoms with van der Waals surface area (Å²) < 4.78 is 14.3. The molecule has 126 valence electrons. The highest BCUT2D eigenvalue weighted by Gasteiger charge is 2.28. The van der Waals surface area contributed by atoms with Gasteiger partial charge >= 0.3 is 0 Å². The van der Waals surface area contributed by atoms with E-state index in [0.29, 0.717) is 22.7 Å². The van der Waals surface area contributed by atoms with E-state index in [9.17, 15) is 9.18 Å². The average Bonchev–Trinajstić information content (AvgIpc) is 3.04. The van der Waals surface area contributed by atoms with E-state index in [0.717, 1.165) is 32.4 Å². The van der Waals surface area contributed by atoms with Crippen molar-refractivity contribution in [2.75, 3.05) is 19.6 Å². The summed E-state index contributed by atoms with van der Waals surface area (Å²) in [6.07, 6.45) is 4.88. The van der Waals surface area contributed by atoms with Crippen molar-refractivity contribution in [1.29, 1.82) is 0 Å². The average molecular weight is 339 g/mol. The Labute approximate surface area is 142 Å². The highest BCUT2D eigenvalue weighted by Crippen LogP contribution is 2.31. The minimum Gasteiger partial charge on any atom is -0.350 e. The second kappa shape index (κ2) is 8.46. The normalized spacial score (nSPS) is 17.3. The lowest BCUT2D eigenvalue weighted by Crippen LogP contribution is -2.37. The van der Waals surface area contributed by atoms with Crippen LogP contribution in [0.25, 0.3) is 0 Å². The zero-order chi connectivity index (χ0) is 16.8. The van der Waals surface area contributed by atoms with Gasteiger partial charge in [0.15, 0.2) is 0 Å². The van der Waals surface area contributed by atoms with Crippen molar-refractivity contribution in [3.8, 4) is 0 Å². The molecule has 5 heteroatoms. The minimum atomic E-state index is -0.315. The van der Waals surface area contributed by atoms with Crippen LogP contribution in [0.3, 0.4) is 0 Å². The van der Waals surface area contributed by atoms with E-state index < -0.39 is 0 Å². The number of hydrogen-bond donors (Lipinski definition) is 1. The van der Waals surface area contributed by atoms with Crippen molar-refractivity contribution >= 4 is 17.5 Å². The molecule has 2 rings (SSSR count). The number of rotatable bonds is 6. The maximum Gasteiger partial charge on any atom is 0.246 e. The second-order valence-corrected chi connectivity index (χ2v) is 6.31. The molecule has 1 atom stereocenters. The first kappa shape index (κ1) is 18.0. The van der Waals surface area contributed by atoms with Crippen LogP contribution in [0.15, 0.2) is 29.8 Å². The van der Waals surface area contributed by atoms with Crippen molar-refractivity contribution < 1.29 is 9.18 Å². The number of benzene rings is 1. The maximum atomic E-state index is 14.3. The van der Waals surface area contributed by atoms with Crippen LogP contribution in [0.5, 0.6) is 0 Å². The summed E-state index contributed by atoms with van der Waals surface area (Å²) in [6.45, 7) is 5.93. The predicted octanol–water partition coefficient (Wildman–Crippen LogP) is 4.09. The third-order valence-electron chi connectivity index (χ3n) is 4.24. The number of halogens is 2. The molecule has 0 saturated carbocycles. The van der Waals surface area contributed by atoms with E-state index in [2.05, 4.69) is 10.2 Å². The molecule has 0 aromatic heterocycles. The molecule has 1 N–H and O–H groups in total. The van der Waals surface area contributed by atoms with Crippen molar-refractivity contribution in [2.24, 2.45) is 0 Å². The van der Waals surface area contributed by atoms with Crippen LogP contribution in [0.2, 0.25) is 5.02 Å². The third kappa shape index (κ3) is 4.55. The summed E-state index contributed by atoms with van der Waals surface area (Å²) in [7, 11) is 0. The molecule has 1 fully saturated rings. The van der Waals surface area contributed by atoms with Crippen molar-refractivity contribution in [3.63, 3.8) is 0 Å². The van der Waals surface area contributed by atoms with Gasteiger partial charge in [-0.25, -0.2) is 4.39 Å². The lowest BCUT2D eigenvalue weighted by Gasteiger charge is -2.29. The fourth-order valence-corrected chi connectivity index (χ4v) is 3.31. The Morgan fingerprint density at radius 1 is 1.43 bits per heavy atom. The quantitative estimate of drug-likeness (QED) is 0.792. The first-order valence-corrected chi connectivity index (χ1v) is 8.55. The lowest BCUT2D eigenvalue weighted by molar-refractivity contribution is -0.117. The molecule has 0 bridgehead atoms. The van der Waals surface area contributed by atoms with E-state index in [1.165, 1.54) is 6.07 Å². The highest BCUT2D eigenvalue weighted by molar-refractivity contribution is 6.31. The van der Waals surface area contributed by atoms with Crippen LogP contribution < -0.4 is 5.32 Å². The molecule has 3 nitrogen and oxygen atoms in total. The molecule has 1 aliphatic heterocycles. The van der Waals surface area contributed by atoms with Crippen molar-refractivity contribution in [1.82, 2.24) is 10.2 Å². The molecular weight excluding hydrogens is 315 g/mol. The summed E-state index contributed by atoms with van der Waals surface area (Å²) >= 11 is 6.24. The van der Waals surface area contributed by atoms with Crippen LogP contribution in [0, 0.1) is 5.82 Å². The zero-order valence-corrected chi connectivity index (χ0v) is 14.5. The van der Waals surface area contributed by atoms with Crippen LogP contribution in [-0.4, -0.2) is 30.4 Å². The fraction of sp³-hybridized carbons (Fsp3) is 0.500. The predicted molar refractivity (Wildman–Crippen MR) is 92.0 cm³/mol. The van der Waals surface area contributed by atoms with Gasteiger partial charge < -0.3 is 5.32 Å². The van der Waals surface area contributed by atoms with Crippen molar-refractivity contribution in [2.45, 2.75) is 39.2 Å². The van der Waals surface area contributed by atoms with Gasteiger partial charge in [-0.3, -0.25) is 9.69 Å². The van der Waals surface area contributed by atoms with Crippen LogP contribution in [0.1, 0.15) is 44.7 Å². The monoisotopic (exact) mass is 338 g/mol. The van der Waals surface area contributed by atoms with Gasteiger partial charge in [-0.1, -0.05) is 30.7 Å². The number of hydrogen-bond acceptors (Lipinski definition) is 2. The largest absolute Gasteiger partial charge is 0.350 e. The summed E-state index contributed by atoms with van der Waals surface area (Å²) in [6, 6.07) is 4.50. The van der Waals surface area contributed by atoms with E-state index in [-0.39, 0.29) is 17.8 Å². The van der Waals surface area contributed by atoms with E-state index in [4.69, 9.17) is 11.6 Å². The third-order valence-corrected chi connectivity index (χ3v) is 4.57. The Morgan fingerprint density at radius 2 is 2.13 bits per heavy atom. The molecule has 23 heavy (non-hydrogen) atoms. The number of nitrogens with zero attached hydrogens (tertiary/aromatic N) is 1. The van der Waals surface area contributed by atoms with Crippen LogP contribution in [0.4, 0.5) is 4.39 Å². The standard InChI is InChI=1S/C18H24ClFN2O/c1-3-7-13(2)18(23)21-12-16(22-10-4-5-11-22)17-14(19)8-6-9-15(17)20/h6-9,16H,3-5,10-12H2,1-2H3,(H,21,23)/b13-7-. The Morgan fingerprint density at radius 3 is 2.74 bits per heavy atom. The van der Waals surface area contributed by atoms with E-state index >= 15 is 0 Å². The van der Waals surface area contributed by atoms with Gasteiger partial charge in [-0.15, -0.1) is 0 Å². The Balaban J connectivity index is 2.19. The van der Waals surface area contributed by atoms with Gasteiger partial charge in [0.05, 0.1) is 6.04 Å². The Bertz CT molecular complexity index is 562. The molecule has 0 radical (unpaired) electrons. The van der Waals surface area contributed by atoms with Crippen LogP contribution >= 0.6 is 11.6 Å². The van der Waals surface area contributed by atoms with Gasteiger partial charge in [-0.05, 0) is 51.4 Å². The number of amides is 1. The van der Waals surface area contributed by atoms with Gasteiger partial charge in [-0.2, -0.15) is 0 Å². The number of nitrogens with one attached hydrogen (secondary N) is 1. The van der Waals surface area contributed by atoms with Crippen molar-refractivity contribution in [3.05, 3.63) is 46.3 Å². The summed E-state index contributed by atoms with van der Waals surface area (Å²) in [4.78, 5) is 14.3. The first-order valence-electron chi connectivity index (χ1n) is 8.17. The molecule has 0 spiro atoms. The van der Waals surface area contributed by atoms with Crippen LogP contribution in [-0.2, 0) is 4.79 Å². The molecule has 1 saturated heterocycles. The fourth-order valence-electron chi connectivity index (χ4n) is 3.02. The molecule has 1 aliphatic rings. The molecule has 1 aromatic rings. The van der Waals surface area contributed by atoms with Gasteiger partial charge in [0.2, 0.25) is 5.91 Å². The highest BCUT2D eigenvalue weighted by atomic mass is 35.5. The number of carbonyl (C=O) groups is 1. The van der Waals surface area contributed by atoms with E-state index in [1.807, 2.05) is 13.0 Å². The SMILES string of the molecule is CC/C=C(/C)C(=O)NCC(c1c(F)cccc1Cl)N1CCCC1. The molecule has 1 aromatic carbocycles. The maximum absolute atomic E-state index is 14.3. The molecule has 0 aliphatic carbocycles. The first-order chi connectivity index (χ1) is 11.0. The topological polar surface area (TPSA) is 32.3 Å². The number of carbonyl (C=O) groups excluding carboxylic acids is 1.